The Morgan fingerprint density at radius 3 is 1.19 bits per heavy atom. The number of hydrogen-bond acceptors (Lipinski definition) is 6. The number of aliphatic hydroxyl groups excluding tert-OH is 1. The van der Waals surface area contributed by atoms with E-state index in [9.17, 15) is 19.4 Å². The Balaban J connectivity index is 4.17. The van der Waals surface area contributed by atoms with Crippen molar-refractivity contribution in [2.45, 2.75) is 309 Å². The quantitative estimate of drug-likeness (QED) is 0.0272. The molecule has 0 radical (unpaired) electrons. The van der Waals surface area contributed by atoms with Gasteiger partial charge in [-0.15, -0.1) is 0 Å². The predicted molar refractivity (Wildman–Crippen MR) is 302 cm³/mol. The van der Waals surface area contributed by atoms with E-state index in [1.165, 1.54) is 231 Å². The number of amides is 1. The first-order valence-electron chi connectivity index (χ1n) is 30.4. The topological polar surface area (TPSA) is 108 Å². The van der Waals surface area contributed by atoms with E-state index in [0.717, 1.165) is 44.9 Å². The highest BCUT2D eigenvalue weighted by atomic mass is 31.2. The van der Waals surface area contributed by atoms with Crippen molar-refractivity contribution in [1.29, 1.82) is 0 Å². The molecule has 0 spiro atoms. The van der Waals surface area contributed by atoms with Crippen molar-refractivity contribution in [2.24, 2.45) is 0 Å². The largest absolute Gasteiger partial charge is 0.756 e. The second-order valence-electron chi connectivity index (χ2n) is 22.1. The second-order valence-corrected chi connectivity index (χ2v) is 23.5. The summed E-state index contributed by atoms with van der Waals surface area (Å²) in [5.41, 5.74) is 0. The summed E-state index contributed by atoms with van der Waals surface area (Å²) in [6.45, 7) is 4.67. The molecule has 0 heterocycles. The number of carbonyl (C=O) groups is 1. The van der Waals surface area contributed by atoms with Crippen LogP contribution in [0.4, 0.5) is 0 Å². The Kier molecular flexibility index (Phi) is 51.6. The lowest BCUT2D eigenvalue weighted by Crippen LogP contribution is -2.45. The Bertz CT molecular complexity index is 1230. The Hall–Kier alpha value is -1.28. The molecular weight excluding hydrogens is 888 g/mol. The van der Waals surface area contributed by atoms with E-state index >= 15 is 0 Å². The monoisotopic (exact) mass is 1010 g/mol. The van der Waals surface area contributed by atoms with Crippen molar-refractivity contribution in [1.82, 2.24) is 5.32 Å². The predicted octanol–water partition coefficient (Wildman–Crippen LogP) is 17.9. The van der Waals surface area contributed by atoms with Crippen molar-refractivity contribution < 1.29 is 32.9 Å². The summed E-state index contributed by atoms with van der Waals surface area (Å²) in [4.78, 5) is 25.5. The molecule has 8 nitrogen and oxygen atoms in total. The van der Waals surface area contributed by atoms with Crippen molar-refractivity contribution in [3.63, 3.8) is 0 Å². The van der Waals surface area contributed by atoms with Gasteiger partial charge in [0.25, 0.3) is 7.82 Å². The fourth-order valence-corrected chi connectivity index (χ4v) is 9.79. The number of unbranched alkanes of at least 4 members (excludes halogenated alkanes) is 39. The molecule has 9 heteroatoms. The fraction of sp³-hybridized carbons (Fsp3) is 0.885. The van der Waals surface area contributed by atoms with Gasteiger partial charge in [-0.05, 0) is 51.4 Å². The van der Waals surface area contributed by atoms with Crippen LogP contribution in [0, 0.1) is 0 Å². The molecule has 0 aliphatic carbocycles. The molecule has 2 N–H and O–H groups in total. The summed E-state index contributed by atoms with van der Waals surface area (Å²) < 4.78 is 23.4. The van der Waals surface area contributed by atoms with Crippen LogP contribution in [0.1, 0.15) is 296 Å². The molecule has 3 atom stereocenters. The Labute approximate surface area is 436 Å². The molecular formula is C61H119N2O6P. The van der Waals surface area contributed by atoms with E-state index in [0.29, 0.717) is 17.4 Å². The minimum atomic E-state index is -4.60. The van der Waals surface area contributed by atoms with Crippen LogP contribution < -0.4 is 10.2 Å². The van der Waals surface area contributed by atoms with Crippen molar-refractivity contribution in [3.05, 3.63) is 36.5 Å². The summed E-state index contributed by atoms with van der Waals surface area (Å²) in [6.07, 6.45) is 68.0. The van der Waals surface area contributed by atoms with Crippen LogP contribution in [0.5, 0.6) is 0 Å². The molecule has 0 bridgehead atoms. The summed E-state index contributed by atoms with van der Waals surface area (Å²) in [6, 6.07) is -0.890. The number of rotatable bonds is 56. The van der Waals surface area contributed by atoms with E-state index in [2.05, 4.69) is 43.5 Å². The number of allylic oxidation sites excluding steroid dienone is 5. The van der Waals surface area contributed by atoms with Gasteiger partial charge >= 0.3 is 0 Å². The van der Waals surface area contributed by atoms with Crippen molar-refractivity contribution in [2.75, 3.05) is 40.9 Å². The third-order valence-corrected chi connectivity index (χ3v) is 14.8. The zero-order valence-electron chi connectivity index (χ0n) is 47.2. The summed E-state index contributed by atoms with van der Waals surface area (Å²) >= 11 is 0. The number of nitrogens with zero attached hydrogens (tertiary/aromatic N) is 1. The molecule has 0 aromatic heterocycles. The minimum Gasteiger partial charge on any atom is -0.756 e. The summed E-state index contributed by atoms with van der Waals surface area (Å²) in [5, 5.41) is 13.9. The molecule has 0 saturated heterocycles. The molecule has 0 rings (SSSR count). The molecule has 70 heavy (non-hydrogen) atoms. The van der Waals surface area contributed by atoms with Gasteiger partial charge in [0.2, 0.25) is 5.91 Å². The summed E-state index contributed by atoms with van der Waals surface area (Å²) in [5.74, 6) is -0.198. The van der Waals surface area contributed by atoms with E-state index in [1.807, 2.05) is 27.2 Å². The first-order valence-corrected chi connectivity index (χ1v) is 31.8. The number of phosphoric acid groups is 1. The van der Waals surface area contributed by atoms with Gasteiger partial charge in [-0.2, -0.15) is 0 Å². The minimum absolute atomic E-state index is 0.00137. The lowest BCUT2D eigenvalue weighted by Gasteiger charge is -2.29. The number of carbonyl (C=O) groups excluding carboxylic acids is 1. The smallest absolute Gasteiger partial charge is 0.268 e. The third-order valence-electron chi connectivity index (χ3n) is 13.8. The maximum Gasteiger partial charge on any atom is 0.268 e. The maximum atomic E-state index is 13.0. The number of quaternary nitrogens is 1. The third kappa shape index (κ3) is 54.5. The number of likely N-dealkylation sites (N-methyl/N-ethyl adjacent to an activating group) is 1. The first kappa shape index (κ1) is 68.7. The fourth-order valence-electron chi connectivity index (χ4n) is 9.07. The lowest BCUT2D eigenvalue weighted by molar-refractivity contribution is -0.870. The normalized spacial score (nSPS) is 14.1. The highest BCUT2D eigenvalue weighted by Gasteiger charge is 2.23. The molecule has 0 fully saturated rings. The lowest BCUT2D eigenvalue weighted by atomic mass is 10.0. The standard InChI is InChI=1S/C61H119N2O6P/c1-6-8-10-12-14-16-18-20-22-24-26-28-29-30-31-32-33-35-36-38-40-42-44-46-48-50-52-54-60(64)59(58-69-70(66,67)68-57-56-63(3,4)5)62-61(65)55-53-51-49-47-45-43-41-39-37-34-27-25-23-21-19-17-15-13-11-9-7-2/h19,21,25,27,52,54,59-60,64H,6-18,20,22-24,26,28-51,53,55-58H2,1-5H3,(H-,62,65,66,67)/b21-19-,27-25-,54-52+. The summed E-state index contributed by atoms with van der Waals surface area (Å²) in [7, 11) is 1.27. The molecule has 0 aromatic rings. The van der Waals surface area contributed by atoms with Gasteiger partial charge in [-0.3, -0.25) is 9.36 Å². The van der Waals surface area contributed by atoms with E-state index in [4.69, 9.17) is 9.05 Å². The van der Waals surface area contributed by atoms with Crippen LogP contribution >= 0.6 is 7.82 Å². The molecule has 0 saturated carbocycles. The molecule has 414 valence electrons. The van der Waals surface area contributed by atoms with E-state index in [-0.39, 0.29) is 19.1 Å². The number of hydrogen-bond donors (Lipinski definition) is 2. The van der Waals surface area contributed by atoms with Gasteiger partial charge < -0.3 is 28.8 Å². The molecule has 0 aliphatic rings. The van der Waals surface area contributed by atoms with Crippen LogP contribution in [-0.2, 0) is 18.4 Å². The van der Waals surface area contributed by atoms with E-state index in [1.54, 1.807) is 6.08 Å². The Morgan fingerprint density at radius 2 is 0.829 bits per heavy atom. The molecule has 0 aromatic carbocycles. The van der Waals surface area contributed by atoms with E-state index < -0.39 is 20.0 Å². The van der Waals surface area contributed by atoms with Crippen molar-refractivity contribution >= 4 is 13.7 Å². The van der Waals surface area contributed by atoms with Gasteiger partial charge in [0.1, 0.15) is 13.2 Å². The van der Waals surface area contributed by atoms with Crippen LogP contribution in [-0.4, -0.2) is 68.5 Å². The van der Waals surface area contributed by atoms with Crippen LogP contribution in [0.2, 0.25) is 0 Å². The molecule has 0 aliphatic heterocycles. The van der Waals surface area contributed by atoms with Gasteiger partial charge in [0.15, 0.2) is 0 Å². The van der Waals surface area contributed by atoms with Crippen LogP contribution in [0.15, 0.2) is 36.5 Å². The maximum absolute atomic E-state index is 13.0. The average molecular weight is 1010 g/mol. The van der Waals surface area contributed by atoms with Crippen LogP contribution in [0.25, 0.3) is 0 Å². The van der Waals surface area contributed by atoms with Crippen LogP contribution in [0.3, 0.4) is 0 Å². The number of phosphoric ester groups is 1. The number of aliphatic hydroxyl groups is 1. The first-order chi connectivity index (χ1) is 34.0. The zero-order chi connectivity index (χ0) is 51.3. The van der Waals surface area contributed by atoms with Gasteiger partial charge in [-0.25, -0.2) is 0 Å². The van der Waals surface area contributed by atoms with Gasteiger partial charge in [0, 0.05) is 6.42 Å². The van der Waals surface area contributed by atoms with Crippen molar-refractivity contribution in [3.8, 4) is 0 Å². The van der Waals surface area contributed by atoms with Gasteiger partial charge in [0.05, 0.1) is 39.9 Å². The number of nitrogens with one attached hydrogen (secondary N) is 1. The molecule has 1 amide bonds. The SMILES string of the molecule is CCCCCCC/C=C\C/C=C\CCCCCCCCCCCC(=O)NC(COP(=O)([O-])OCC[N+](C)(C)C)C(O)/C=C/CCCCCCCCCCCCCCCCCCCCCCCCCCC. The zero-order valence-corrected chi connectivity index (χ0v) is 48.1. The molecule has 3 unspecified atom stereocenters. The Morgan fingerprint density at radius 1 is 0.500 bits per heavy atom. The highest BCUT2D eigenvalue weighted by molar-refractivity contribution is 7.45. The van der Waals surface area contributed by atoms with Gasteiger partial charge in [-0.1, -0.05) is 275 Å². The average Bonchev–Trinajstić information content (AvgIpc) is 3.32. The highest BCUT2D eigenvalue weighted by Crippen LogP contribution is 2.38. The second kappa shape index (κ2) is 52.6.